The molecule has 118 valence electrons. The Morgan fingerprint density at radius 3 is 2.57 bits per heavy atom. The molecule has 1 heterocycles. The van der Waals surface area contributed by atoms with Crippen LogP contribution in [0.15, 0.2) is 53.6 Å². The van der Waals surface area contributed by atoms with Gasteiger partial charge < -0.3 is 4.90 Å². The molecule has 0 atom stereocenters. The molecule has 1 aliphatic heterocycles. The topological polar surface area (TPSA) is 70.8 Å². The maximum absolute atomic E-state index is 11.0. The fourth-order valence-corrected chi connectivity index (χ4v) is 2.69. The Balaban J connectivity index is 1.85. The van der Waals surface area contributed by atoms with E-state index < -0.39 is 0 Å². The highest BCUT2D eigenvalue weighted by Gasteiger charge is 2.17. The number of non-ortho nitro benzene ring substituents is 1. The first-order chi connectivity index (χ1) is 11.2. The van der Waals surface area contributed by atoms with Crippen molar-refractivity contribution in [3.63, 3.8) is 0 Å². The minimum absolute atomic E-state index is 0.0779. The van der Waals surface area contributed by atoms with Gasteiger partial charge in [0.2, 0.25) is 0 Å². The van der Waals surface area contributed by atoms with Gasteiger partial charge in [0.15, 0.2) is 0 Å². The van der Waals surface area contributed by atoms with Crippen LogP contribution in [0.3, 0.4) is 0 Å². The van der Waals surface area contributed by atoms with Gasteiger partial charge in [0.25, 0.3) is 5.69 Å². The summed E-state index contributed by atoms with van der Waals surface area (Å²) >= 11 is 0. The highest BCUT2D eigenvalue weighted by atomic mass is 16.6. The monoisotopic (exact) mass is 310 g/mol. The fraction of sp³-hybridized carbons (Fsp3) is 0.235. The van der Waals surface area contributed by atoms with E-state index in [2.05, 4.69) is 15.4 Å². The predicted molar refractivity (Wildman–Crippen MR) is 92.2 cm³/mol. The van der Waals surface area contributed by atoms with Crippen LogP contribution in [-0.4, -0.2) is 24.2 Å². The van der Waals surface area contributed by atoms with Crippen LogP contribution in [0.25, 0.3) is 0 Å². The summed E-state index contributed by atoms with van der Waals surface area (Å²) in [6.07, 6.45) is 3.94. The lowest BCUT2D eigenvalue weighted by molar-refractivity contribution is -0.384. The van der Waals surface area contributed by atoms with Crippen LogP contribution in [0.2, 0.25) is 0 Å². The van der Waals surface area contributed by atoms with Crippen molar-refractivity contribution >= 4 is 23.3 Å². The van der Waals surface area contributed by atoms with Crippen molar-refractivity contribution in [3.05, 3.63) is 64.2 Å². The van der Waals surface area contributed by atoms with Crippen molar-refractivity contribution < 1.29 is 4.92 Å². The average Bonchev–Trinajstić information content (AvgIpc) is 3.10. The fourth-order valence-electron chi connectivity index (χ4n) is 2.69. The van der Waals surface area contributed by atoms with E-state index in [0.29, 0.717) is 0 Å². The van der Waals surface area contributed by atoms with Gasteiger partial charge in [-0.05, 0) is 31.0 Å². The number of hydrogen-bond acceptors (Lipinski definition) is 5. The van der Waals surface area contributed by atoms with E-state index in [4.69, 9.17) is 0 Å². The Morgan fingerprint density at radius 2 is 1.87 bits per heavy atom. The van der Waals surface area contributed by atoms with E-state index in [0.717, 1.165) is 42.9 Å². The minimum Gasteiger partial charge on any atom is -0.371 e. The van der Waals surface area contributed by atoms with E-state index in [1.165, 1.54) is 0 Å². The zero-order valence-electron chi connectivity index (χ0n) is 12.7. The van der Waals surface area contributed by atoms with E-state index in [9.17, 15) is 10.1 Å². The molecule has 0 unspecified atom stereocenters. The van der Waals surface area contributed by atoms with Crippen molar-refractivity contribution in [3.8, 4) is 0 Å². The standard InChI is InChI=1S/C17H18N4O2/c22-21(23)16-8-9-17(20-10-4-5-11-20)14(12-16)13-18-19-15-6-2-1-3-7-15/h1-3,6-9,12-13,19H,4-5,10-11H2/b18-13-. The van der Waals surface area contributed by atoms with Crippen molar-refractivity contribution in [1.82, 2.24) is 0 Å². The molecule has 6 heteroatoms. The summed E-state index contributed by atoms with van der Waals surface area (Å²) in [6, 6.07) is 14.5. The van der Waals surface area contributed by atoms with Crippen LogP contribution in [0, 0.1) is 10.1 Å². The SMILES string of the molecule is O=[N+]([O-])c1ccc(N2CCCC2)c(/C=N\Nc2ccccc2)c1. The molecule has 0 aromatic heterocycles. The van der Waals surface area contributed by atoms with Gasteiger partial charge in [-0.2, -0.15) is 5.10 Å². The maximum atomic E-state index is 11.0. The average molecular weight is 310 g/mol. The molecule has 0 radical (unpaired) electrons. The summed E-state index contributed by atoms with van der Waals surface area (Å²) in [5.41, 5.74) is 5.64. The molecule has 0 bridgehead atoms. The third-order valence-electron chi connectivity index (χ3n) is 3.84. The van der Waals surface area contributed by atoms with Crippen LogP contribution in [-0.2, 0) is 0 Å². The summed E-state index contributed by atoms with van der Waals surface area (Å²) in [5.74, 6) is 0. The first-order valence-corrected chi connectivity index (χ1v) is 7.61. The number of nitro benzene ring substituents is 1. The Kier molecular flexibility index (Phi) is 4.52. The van der Waals surface area contributed by atoms with E-state index in [1.807, 2.05) is 36.4 Å². The largest absolute Gasteiger partial charge is 0.371 e. The van der Waals surface area contributed by atoms with E-state index >= 15 is 0 Å². The van der Waals surface area contributed by atoms with Crippen LogP contribution in [0.1, 0.15) is 18.4 Å². The van der Waals surface area contributed by atoms with Gasteiger partial charge in [0.1, 0.15) is 0 Å². The lowest BCUT2D eigenvalue weighted by atomic mass is 10.1. The first-order valence-electron chi connectivity index (χ1n) is 7.61. The van der Waals surface area contributed by atoms with Gasteiger partial charge in [0, 0.05) is 36.5 Å². The second kappa shape index (κ2) is 6.91. The number of hydrogen-bond donors (Lipinski definition) is 1. The molecule has 1 saturated heterocycles. The van der Waals surface area contributed by atoms with Crippen molar-refractivity contribution in [2.45, 2.75) is 12.8 Å². The molecule has 1 fully saturated rings. The highest BCUT2D eigenvalue weighted by Crippen LogP contribution is 2.27. The maximum Gasteiger partial charge on any atom is 0.270 e. The molecular weight excluding hydrogens is 292 g/mol. The van der Waals surface area contributed by atoms with Gasteiger partial charge >= 0.3 is 0 Å². The number of hydrazone groups is 1. The number of anilines is 2. The molecule has 3 rings (SSSR count). The Bertz CT molecular complexity index is 710. The van der Waals surface area contributed by atoms with Gasteiger partial charge in [-0.1, -0.05) is 18.2 Å². The predicted octanol–water partition coefficient (Wildman–Crippen LogP) is 3.64. The highest BCUT2D eigenvalue weighted by molar-refractivity contribution is 5.89. The van der Waals surface area contributed by atoms with Crippen LogP contribution < -0.4 is 10.3 Å². The molecular formula is C17H18N4O2. The molecule has 23 heavy (non-hydrogen) atoms. The molecule has 6 nitrogen and oxygen atoms in total. The number of rotatable bonds is 5. The summed E-state index contributed by atoms with van der Waals surface area (Å²) < 4.78 is 0. The minimum atomic E-state index is -0.379. The molecule has 0 saturated carbocycles. The second-order valence-corrected chi connectivity index (χ2v) is 5.43. The molecule has 1 aliphatic rings. The number of nitrogens with one attached hydrogen (secondary N) is 1. The van der Waals surface area contributed by atoms with Crippen molar-refractivity contribution in [1.29, 1.82) is 0 Å². The summed E-state index contributed by atoms with van der Waals surface area (Å²) in [7, 11) is 0. The first kappa shape index (κ1) is 15.0. The smallest absolute Gasteiger partial charge is 0.270 e. The molecule has 0 aliphatic carbocycles. The lowest BCUT2D eigenvalue weighted by Gasteiger charge is -2.19. The Morgan fingerprint density at radius 1 is 1.13 bits per heavy atom. The van der Waals surface area contributed by atoms with Gasteiger partial charge in [-0.15, -0.1) is 0 Å². The second-order valence-electron chi connectivity index (χ2n) is 5.43. The molecule has 0 amide bonds. The zero-order chi connectivity index (χ0) is 16.1. The third kappa shape index (κ3) is 3.66. The Labute approximate surface area is 134 Å². The molecule has 1 N–H and O–H groups in total. The molecule has 2 aromatic rings. The summed E-state index contributed by atoms with van der Waals surface area (Å²) in [4.78, 5) is 12.9. The van der Waals surface area contributed by atoms with Crippen LogP contribution in [0.4, 0.5) is 17.1 Å². The molecule has 0 spiro atoms. The zero-order valence-corrected chi connectivity index (χ0v) is 12.7. The van der Waals surface area contributed by atoms with Gasteiger partial charge in [0.05, 0.1) is 16.8 Å². The third-order valence-corrected chi connectivity index (χ3v) is 3.84. The van der Waals surface area contributed by atoms with Crippen molar-refractivity contribution in [2.75, 3.05) is 23.4 Å². The summed E-state index contributed by atoms with van der Waals surface area (Å²) in [5, 5.41) is 15.2. The lowest BCUT2D eigenvalue weighted by Crippen LogP contribution is -2.19. The van der Waals surface area contributed by atoms with Gasteiger partial charge in [-0.25, -0.2) is 0 Å². The van der Waals surface area contributed by atoms with Crippen molar-refractivity contribution in [2.24, 2.45) is 5.10 Å². The number of benzene rings is 2. The van der Waals surface area contributed by atoms with E-state index in [1.54, 1.807) is 18.3 Å². The number of nitro groups is 1. The van der Waals surface area contributed by atoms with Gasteiger partial charge in [-0.3, -0.25) is 15.5 Å². The number of para-hydroxylation sites is 1. The summed E-state index contributed by atoms with van der Waals surface area (Å²) in [6.45, 7) is 1.95. The molecule has 2 aromatic carbocycles. The number of nitrogens with zero attached hydrogens (tertiary/aromatic N) is 3. The van der Waals surface area contributed by atoms with Crippen LogP contribution in [0.5, 0.6) is 0 Å². The van der Waals surface area contributed by atoms with Crippen LogP contribution >= 0.6 is 0 Å². The quantitative estimate of drug-likeness (QED) is 0.520. The normalized spacial score (nSPS) is 14.3. The van der Waals surface area contributed by atoms with E-state index in [-0.39, 0.29) is 10.6 Å². The Hall–Kier alpha value is -2.89.